The molecule has 0 aliphatic carbocycles. The summed E-state index contributed by atoms with van der Waals surface area (Å²) in [6.45, 7) is 3.12. The molecule has 0 atom stereocenters. The van der Waals surface area contributed by atoms with Gasteiger partial charge in [0.1, 0.15) is 18.2 Å². The van der Waals surface area contributed by atoms with Crippen molar-refractivity contribution in [1.29, 1.82) is 0 Å². The predicted molar refractivity (Wildman–Crippen MR) is 80.3 cm³/mol. The molecule has 21 heavy (non-hydrogen) atoms. The van der Waals surface area contributed by atoms with Crippen LogP contribution in [0, 0.1) is 5.82 Å². The van der Waals surface area contributed by atoms with E-state index in [4.69, 9.17) is 10.5 Å². The molecular formula is C17H19FN2O. The Labute approximate surface area is 124 Å². The second-order valence-electron chi connectivity index (χ2n) is 5.30. The molecule has 0 spiro atoms. The molecule has 0 radical (unpaired) electrons. The van der Waals surface area contributed by atoms with Crippen molar-refractivity contribution >= 4 is 0 Å². The van der Waals surface area contributed by atoms with E-state index in [2.05, 4.69) is 11.0 Å². The maximum absolute atomic E-state index is 14.1. The van der Waals surface area contributed by atoms with Crippen molar-refractivity contribution in [3.05, 3.63) is 65.0 Å². The van der Waals surface area contributed by atoms with Crippen LogP contribution in [-0.4, -0.2) is 18.1 Å². The normalized spacial score (nSPS) is 15.1. The highest BCUT2D eigenvalue weighted by Crippen LogP contribution is 2.24. The third kappa shape index (κ3) is 3.23. The molecule has 3 nitrogen and oxygen atoms in total. The van der Waals surface area contributed by atoms with E-state index in [1.165, 1.54) is 6.07 Å². The molecule has 4 heteroatoms. The minimum Gasteiger partial charge on any atom is -0.492 e. The molecule has 3 rings (SSSR count). The van der Waals surface area contributed by atoms with E-state index in [0.717, 1.165) is 30.0 Å². The molecule has 1 aliphatic rings. The highest BCUT2D eigenvalue weighted by Gasteiger charge is 2.16. The zero-order chi connectivity index (χ0) is 14.7. The Kier molecular flexibility index (Phi) is 4.18. The summed E-state index contributed by atoms with van der Waals surface area (Å²) >= 11 is 0. The first-order valence-corrected chi connectivity index (χ1v) is 7.16. The van der Waals surface area contributed by atoms with Crippen LogP contribution >= 0.6 is 0 Å². The van der Waals surface area contributed by atoms with Crippen molar-refractivity contribution in [2.45, 2.75) is 19.6 Å². The summed E-state index contributed by atoms with van der Waals surface area (Å²) in [5.74, 6) is 0.746. The molecule has 0 saturated carbocycles. The third-order valence-electron chi connectivity index (χ3n) is 3.78. The Morgan fingerprint density at radius 2 is 2.05 bits per heavy atom. The fraction of sp³-hybridized carbons (Fsp3) is 0.294. The van der Waals surface area contributed by atoms with Gasteiger partial charge in [0.2, 0.25) is 0 Å². The lowest BCUT2D eigenvalue weighted by Crippen LogP contribution is -2.25. The van der Waals surface area contributed by atoms with Gasteiger partial charge in [-0.3, -0.25) is 4.90 Å². The van der Waals surface area contributed by atoms with Gasteiger partial charge in [0.05, 0.1) is 0 Å². The second kappa shape index (κ2) is 6.24. The van der Waals surface area contributed by atoms with E-state index >= 15 is 0 Å². The molecule has 2 aromatic rings. The van der Waals surface area contributed by atoms with Crippen molar-refractivity contribution in [1.82, 2.24) is 4.90 Å². The number of hydrogen-bond acceptors (Lipinski definition) is 3. The molecule has 0 bridgehead atoms. The minimum atomic E-state index is -0.184. The van der Waals surface area contributed by atoms with Crippen LogP contribution in [0.25, 0.3) is 0 Å². The third-order valence-corrected chi connectivity index (χ3v) is 3.78. The number of benzene rings is 2. The number of fused-ring (bicyclic) bond motifs is 1. The van der Waals surface area contributed by atoms with Gasteiger partial charge in [-0.25, -0.2) is 4.39 Å². The Hall–Kier alpha value is -1.91. The molecule has 0 fully saturated rings. The Balaban J connectivity index is 1.76. The predicted octanol–water partition coefficient (Wildman–Crippen LogP) is 2.68. The van der Waals surface area contributed by atoms with E-state index in [1.807, 2.05) is 30.3 Å². The van der Waals surface area contributed by atoms with Gasteiger partial charge in [-0.1, -0.05) is 30.3 Å². The number of para-hydroxylation sites is 1. The monoisotopic (exact) mass is 286 g/mol. The first-order valence-electron chi connectivity index (χ1n) is 7.16. The van der Waals surface area contributed by atoms with Gasteiger partial charge < -0.3 is 10.5 Å². The first-order chi connectivity index (χ1) is 10.3. The number of halogens is 1. The molecule has 110 valence electrons. The molecule has 2 N–H and O–H groups in total. The van der Waals surface area contributed by atoms with Gasteiger partial charge in [0, 0.05) is 37.3 Å². The zero-order valence-corrected chi connectivity index (χ0v) is 11.9. The second-order valence-corrected chi connectivity index (χ2v) is 5.30. The van der Waals surface area contributed by atoms with Gasteiger partial charge in [-0.05, 0) is 17.7 Å². The van der Waals surface area contributed by atoms with Crippen molar-refractivity contribution in [3.8, 4) is 5.75 Å². The average molecular weight is 286 g/mol. The van der Waals surface area contributed by atoms with Gasteiger partial charge in [0.15, 0.2) is 0 Å². The van der Waals surface area contributed by atoms with Gasteiger partial charge in [-0.2, -0.15) is 0 Å². The molecule has 2 aromatic carbocycles. The van der Waals surface area contributed by atoms with Crippen LogP contribution < -0.4 is 10.5 Å². The first kappa shape index (κ1) is 14.0. The van der Waals surface area contributed by atoms with Crippen molar-refractivity contribution in [3.63, 3.8) is 0 Å². The summed E-state index contributed by atoms with van der Waals surface area (Å²) in [5.41, 5.74) is 8.20. The number of nitrogens with two attached hydrogens (primary N) is 1. The Morgan fingerprint density at radius 1 is 1.19 bits per heavy atom. The van der Waals surface area contributed by atoms with E-state index in [0.29, 0.717) is 25.3 Å². The lowest BCUT2D eigenvalue weighted by Gasteiger charge is -2.20. The van der Waals surface area contributed by atoms with Crippen molar-refractivity contribution in [2.24, 2.45) is 5.73 Å². The SMILES string of the molecule is NCc1ccc(CN2CCOc3ccccc3C2)c(F)c1. The summed E-state index contributed by atoms with van der Waals surface area (Å²) in [7, 11) is 0. The number of hydrogen-bond donors (Lipinski definition) is 1. The molecule has 0 amide bonds. The van der Waals surface area contributed by atoms with Crippen LogP contribution in [0.3, 0.4) is 0 Å². The fourth-order valence-corrected chi connectivity index (χ4v) is 2.60. The van der Waals surface area contributed by atoms with Crippen molar-refractivity contribution < 1.29 is 9.13 Å². The number of nitrogens with zero attached hydrogens (tertiary/aromatic N) is 1. The van der Waals surface area contributed by atoms with Crippen LogP contribution in [0.4, 0.5) is 4.39 Å². The average Bonchev–Trinajstić information content (AvgIpc) is 2.71. The topological polar surface area (TPSA) is 38.5 Å². The Bertz CT molecular complexity index is 630. The van der Waals surface area contributed by atoms with Gasteiger partial charge in [-0.15, -0.1) is 0 Å². The lowest BCUT2D eigenvalue weighted by molar-refractivity contribution is 0.217. The van der Waals surface area contributed by atoms with Crippen molar-refractivity contribution in [2.75, 3.05) is 13.2 Å². The van der Waals surface area contributed by atoms with Crippen LogP contribution in [0.1, 0.15) is 16.7 Å². The quantitative estimate of drug-likeness (QED) is 0.943. The lowest BCUT2D eigenvalue weighted by atomic mass is 10.1. The van der Waals surface area contributed by atoms with E-state index in [9.17, 15) is 4.39 Å². The summed E-state index contributed by atoms with van der Waals surface area (Å²) < 4.78 is 19.8. The highest BCUT2D eigenvalue weighted by molar-refractivity contribution is 5.34. The largest absolute Gasteiger partial charge is 0.492 e. The fourth-order valence-electron chi connectivity index (χ4n) is 2.60. The van der Waals surface area contributed by atoms with Crippen LogP contribution in [0.2, 0.25) is 0 Å². The van der Waals surface area contributed by atoms with Gasteiger partial charge >= 0.3 is 0 Å². The summed E-state index contributed by atoms with van der Waals surface area (Å²) in [5, 5.41) is 0. The molecule has 1 aliphatic heterocycles. The van der Waals surface area contributed by atoms with Crippen LogP contribution in [0.15, 0.2) is 42.5 Å². The van der Waals surface area contributed by atoms with E-state index < -0.39 is 0 Å². The summed E-state index contributed by atoms with van der Waals surface area (Å²) in [4.78, 5) is 2.20. The smallest absolute Gasteiger partial charge is 0.128 e. The maximum Gasteiger partial charge on any atom is 0.128 e. The van der Waals surface area contributed by atoms with E-state index in [-0.39, 0.29) is 5.82 Å². The maximum atomic E-state index is 14.1. The number of ether oxygens (including phenoxy) is 1. The molecule has 0 aromatic heterocycles. The Morgan fingerprint density at radius 3 is 2.86 bits per heavy atom. The molecule has 1 heterocycles. The summed E-state index contributed by atoms with van der Waals surface area (Å²) in [6, 6.07) is 13.3. The number of rotatable bonds is 3. The molecule has 0 unspecified atom stereocenters. The molecular weight excluding hydrogens is 267 g/mol. The highest BCUT2D eigenvalue weighted by atomic mass is 19.1. The summed E-state index contributed by atoms with van der Waals surface area (Å²) in [6.07, 6.45) is 0. The molecule has 0 saturated heterocycles. The zero-order valence-electron chi connectivity index (χ0n) is 11.9. The standard InChI is InChI=1S/C17H19FN2O/c18-16-9-13(10-19)5-6-14(16)11-20-7-8-21-17-4-2-1-3-15(17)12-20/h1-6,9H,7-8,10-12,19H2. The van der Waals surface area contributed by atoms with Crippen LogP contribution in [0.5, 0.6) is 5.75 Å². The minimum absolute atomic E-state index is 0.184. The van der Waals surface area contributed by atoms with E-state index in [1.54, 1.807) is 0 Å². The van der Waals surface area contributed by atoms with Gasteiger partial charge in [0.25, 0.3) is 0 Å². The van der Waals surface area contributed by atoms with Crippen LogP contribution in [-0.2, 0) is 19.6 Å².